The predicted molar refractivity (Wildman–Crippen MR) is 88.0 cm³/mol. The lowest BCUT2D eigenvalue weighted by Crippen LogP contribution is -2.41. The van der Waals surface area contributed by atoms with Crippen molar-refractivity contribution in [2.45, 2.75) is 39.8 Å². The molecule has 1 aromatic carbocycles. The van der Waals surface area contributed by atoms with Gasteiger partial charge in [-0.15, -0.1) is 0 Å². The van der Waals surface area contributed by atoms with Crippen molar-refractivity contribution in [2.24, 2.45) is 4.99 Å². The van der Waals surface area contributed by atoms with Crippen molar-refractivity contribution < 1.29 is 9.47 Å². The van der Waals surface area contributed by atoms with Crippen molar-refractivity contribution in [1.29, 1.82) is 0 Å². The van der Waals surface area contributed by atoms with Crippen molar-refractivity contribution in [1.82, 2.24) is 10.6 Å². The molecule has 1 aliphatic heterocycles. The van der Waals surface area contributed by atoms with Crippen LogP contribution in [0.15, 0.2) is 21.6 Å². The first-order valence-corrected chi connectivity index (χ1v) is 8.06. The lowest BCUT2D eigenvalue weighted by molar-refractivity contribution is 0.173. The molecule has 0 radical (unpaired) electrons. The smallest absolute Gasteiger partial charge is 0.231 e. The number of ether oxygens (including phenoxy) is 2. The summed E-state index contributed by atoms with van der Waals surface area (Å²) in [4.78, 5) is 4.62. The Hall–Kier alpha value is -1.43. The zero-order valence-corrected chi connectivity index (χ0v) is 14.3. The van der Waals surface area contributed by atoms with Gasteiger partial charge in [-0.3, -0.25) is 0 Å². The number of aliphatic imine (C=N–C) groups is 1. The number of guanidine groups is 1. The fraction of sp³-hybridized carbons (Fsp3) is 0.533. The monoisotopic (exact) mass is 355 g/mol. The molecule has 0 spiro atoms. The van der Waals surface area contributed by atoms with Crippen LogP contribution in [0.4, 0.5) is 0 Å². The third-order valence-electron chi connectivity index (χ3n) is 3.25. The van der Waals surface area contributed by atoms with Crippen molar-refractivity contribution >= 4 is 21.9 Å². The molecule has 0 saturated carbocycles. The Bertz CT molecular complexity index is 520. The third-order valence-corrected chi connectivity index (χ3v) is 3.84. The van der Waals surface area contributed by atoms with Crippen LogP contribution in [0.3, 0.4) is 0 Å². The maximum atomic E-state index is 5.42. The first kappa shape index (κ1) is 15.9. The number of benzene rings is 1. The van der Waals surface area contributed by atoms with Crippen LogP contribution in [0.2, 0.25) is 0 Å². The van der Waals surface area contributed by atoms with E-state index in [-0.39, 0.29) is 6.79 Å². The Morgan fingerprint density at radius 2 is 2.19 bits per heavy atom. The van der Waals surface area contributed by atoms with Crippen LogP contribution >= 0.6 is 15.9 Å². The van der Waals surface area contributed by atoms with Gasteiger partial charge in [-0.25, -0.2) is 4.99 Å². The standard InChI is InChI=1S/C15H22BrN3O2/c1-4-10(3)19-15(17-5-2)18-8-11-6-12(16)14-13(7-11)20-9-21-14/h6-7,10H,4-5,8-9H2,1-3H3,(H2,17,18,19). The molecule has 1 heterocycles. The van der Waals surface area contributed by atoms with Crippen LogP contribution in [-0.4, -0.2) is 25.3 Å². The normalized spacial score (nSPS) is 15.0. The van der Waals surface area contributed by atoms with E-state index in [1.54, 1.807) is 0 Å². The number of hydrogen-bond donors (Lipinski definition) is 2. The van der Waals surface area contributed by atoms with Crippen LogP contribution in [0, 0.1) is 0 Å². The van der Waals surface area contributed by atoms with Gasteiger partial charge in [-0.1, -0.05) is 6.92 Å². The van der Waals surface area contributed by atoms with Gasteiger partial charge in [0.1, 0.15) is 0 Å². The number of nitrogens with zero attached hydrogens (tertiary/aromatic N) is 1. The summed E-state index contributed by atoms with van der Waals surface area (Å²) in [5, 5.41) is 6.63. The topological polar surface area (TPSA) is 54.9 Å². The largest absolute Gasteiger partial charge is 0.454 e. The molecule has 5 nitrogen and oxygen atoms in total. The summed E-state index contributed by atoms with van der Waals surface area (Å²) in [6, 6.07) is 4.39. The minimum absolute atomic E-state index is 0.277. The second kappa shape index (κ2) is 7.54. The summed E-state index contributed by atoms with van der Waals surface area (Å²) in [7, 11) is 0. The van der Waals surface area contributed by atoms with Crippen molar-refractivity contribution in [2.75, 3.05) is 13.3 Å². The highest BCUT2D eigenvalue weighted by atomic mass is 79.9. The molecular formula is C15H22BrN3O2. The Kier molecular flexibility index (Phi) is 5.73. The highest BCUT2D eigenvalue weighted by Crippen LogP contribution is 2.40. The van der Waals surface area contributed by atoms with Gasteiger partial charge in [-0.2, -0.15) is 0 Å². The molecule has 1 aromatic rings. The van der Waals surface area contributed by atoms with Crippen LogP contribution in [-0.2, 0) is 6.54 Å². The number of rotatable bonds is 5. The fourth-order valence-electron chi connectivity index (χ4n) is 1.94. The van der Waals surface area contributed by atoms with E-state index in [1.807, 2.05) is 12.1 Å². The van der Waals surface area contributed by atoms with Gasteiger partial charge in [0.2, 0.25) is 6.79 Å². The van der Waals surface area contributed by atoms with E-state index in [9.17, 15) is 0 Å². The molecule has 1 aliphatic rings. The lowest BCUT2D eigenvalue weighted by atomic mass is 10.2. The number of hydrogen-bond acceptors (Lipinski definition) is 3. The predicted octanol–water partition coefficient (Wildman–Crippen LogP) is 3.03. The summed E-state index contributed by atoms with van der Waals surface area (Å²) in [5.74, 6) is 2.38. The van der Waals surface area contributed by atoms with E-state index in [4.69, 9.17) is 9.47 Å². The number of fused-ring (bicyclic) bond motifs is 1. The van der Waals surface area contributed by atoms with E-state index in [2.05, 4.69) is 52.3 Å². The van der Waals surface area contributed by atoms with Gasteiger partial charge in [0.05, 0.1) is 11.0 Å². The third kappa shape index (κ3) is 4.27. The Morgan fingerprint density at radius 3 is 2.90 bits per heavy atom. The lowest BCUT2D eigenvalue weighted by Gasteiger charge is -2.16. The summed E-state index contributed by atoms with van der Waals surface area (Å²) in [6.07, 6.45) is 1.06. The molecule has 0 saturated heterocycles. The maximum Gasteiger partial charge on any atom is 0.231 e. The highest BCUT2D eigenvalue weighted by molar-refractivity contribution is 9.10. The Balaban J connectivity index is 2.08. The quantitative estimate of drug-likeness (QED) is 0.629. The van der Waals surface area contributed by atoms with E-state index in [1.165, 1.54) is 0 Å². The highest BCUT2D eigenvalue weighted by Gasteiger charge is 2.17. The Labute approximate surface area is 134 Å². The molecule has 6 heteroatoms. The van der Waals surface area contributed by atoms with Gasteiger partial charge in [0.25, 0.3) is 0 Å². The van der Waals surface area contributed by atoms with Gasteiger partial charge >= 0.3 is 0 Å². The number of nitrogens with one attached hydrogen (secondary N) is 2. The van der Waals surface area contributed by atoms with Crippen LogP contribution in [0.1, 0.15) is 32.8 Å². The molecule has 2 N–H and O–H groups in total. The molecule has 1 atom stereocenters. The molecule has 2 rings (SSSR count). The molecule has 0 fully saturated rings. The van der Waals surface area contributed by atoms with Crippen LogP contribution in [0.25, 0.3) is 0 Å². The first-order chi connectivity index (χ1) is 10.1. The molecule has 0 amide bonds. The zero-order chi connectivity index (χ0) is 15.2. The van der Waals surface area contributed by atoms with Gasteiger partial charge in [0, 0.05) is 12.6 Å². The van der Waals surface area contributed by atoms with Crippen molar-refractivity contribution in [3.63, 3.8) is 0 Å². The van der Waals surface area contributed by atoms with Gasteiger partial charge < -0.3 is 20.1 Å². The average Bonchev–Trinajstić information content (AvgIpc) is 2.93. The van der Waals surface area contributed by atoms with E-state index >= 15 is 0 Å². The summed E-state index contributed by atoms with van der Waals surface area (Å²) in [6.45, 7) is 8.05. The molecule has 116 valence electrons. The second-order valence-corrected chi connectivity index (χ2v) is 5.81. The van der Waals surface area contributed by atoms with Crippen LogP contribution < -0.4 is 20.1 Å². The SMILES string of the molecule is CCNC(=NCc1cc(Br)c2c(c1)OCO2)NC(C)CC. The first-order valence-electron chi connectivity index (χ1n) is 7.26. The maximum absolute atomic E-state index is 5.42. The molecule has 0 aliphatic carbocycles. The minimum atomic E-state index is 0.277. The summed E-state index contributed by atoms with van der Waals surface area (Å²) in [5.41, 5.74) is 1.08. The van der Waals surface area contributed by atoms with E-state index in [0.717, 1.165) is 40.5 Å². The average molecular weight is 356 g/mol. The molecule has 0 bridgehead atoms. The number of halogens is 1. The van der Waals surface area contributed by atoms with Gasteiger partial charge in [0.15, 0.2) is 17.5 Å². The minimum Gasteiger partial charge on any atom is -0.454 e. The van der Waals surface area contributed by atoms with Crippen LogP contribution in [0.5, 0.6) is 11.5 Å². The fourth-order valence-corrected chi connectivity index (χ4v) is 2.54. The van der Waals surface area contributed by atoms with Gasteiger partial charge in [-0.05, 0) is 53.9 Å². The second-order valence-electron chi connectivity index (χ2n) is 4.96. The van der Waals surface area contributed by atoms with Crippen molar-refractivity contribution in [3.05, 3.63) is 22.2 Å². The molecule has 0 aromatic heterocycles. The Morgan fingerprint density at radius 1 is 1.38 bits per heavy atom. The van der Waals surface area contributed by atoms with E-state index in [0.29, 0.717) is 12.6 Å². The zero-order valence-electron chi connectivity index (χ0n) is 12.7. The molecule has 1 unspecified atom stereocenters. The molecule has 21 heavy (non-hydrogen) atoms. The molecular weight excluding hydrogens is 334 g/mol. The summed E-state index contributed by atoms with van der Waals surface area (Å²) < 4.78 is 11.7. The summed E-state index contributed by atoms with van der Waals surface area (Å²) >= 11 is 3.50. The van der Waals surface area contributed by atoms with Crippen molar-refractivity contribution in [3.8, 4) is 11.5 Å². The van der Waals surface area contributed by atoms with E-state index < -0.39 is 0 Å².